The third kappa shape index (κ3) is 2.42. The van der Waals surface area contributed by atoms with E-state index in [1.807, 2.05) is 20.1 Å². The molecule has 1 aromatic heterocycles. The minimum atomic E-state index is 0.656. The van der Waals surface area contributed by atoms with Crippen molar-refractivity contribution in [1.29, 1.82) is 0 Å². The first-order valence-electron chi connectivity index (χ1n) is 4.27. The molecule has 1 aromatic rings. The lowest BCUT2D eigenvalue weighted by Gasteiger charge is -2.08. The van der Waals surface area contributed by atoms with E-state index in [-0.39, 0.29) is 0 Å². The maximum absolute atomic E-state index is 5.51. The third-order valence-corrected chi connectivity index (χ3v) is 2.52. The number of nitrogens with zero attached hydrogens (tertiary/aromatic N) is 2. The monoisotopic (exact) mass is 197 g/mol. The maximum Gasteiger partial charge on any atom is 0.187 e. The topological polar surface area (TPSA) is 51.8 Å². The SMILES string of the molecule is CSc1nc(C)c(CCN)c(C)n1. The van der Waals surface area contributed by atoms with Crippen molar-refractivity contribution in [3.8, 4) is 0 Å². The molecule has 0 fully saturated rings. The molecular formula is C9H15N3S. The van der Waals surface area contributed by atoms with E-state index in [9.17, 15) is 0 Å². The summed E-state index contributed by atoms with van der Waals surface area (Å²) in [4.78, 5) is 8.73. The highest BCUT2D eigenvalue weighted by atomic mass is 32.2. The molecule has 4 heteroatoms. The summed E-state index contributed by atoms with van der Waals surface area (Å²) in [6.07, 6.45) is 2.85. The van der Waals surface area contributed by atoms with Gasteiger partial charge < -0.3 is 5.73 Å². The zero-order valence-electron chi connectivity index (χ0n) is 8.29. The molecule has 0 radical (unpaired) electrons. The number of hydrogen-bond acceptors (Lipinski definition) is 4. The Morgan fingerprint density at radius 3 is 2.15 bits per heavy atom. The molecule has 0 unspecified atom stereocenters. The van der Waals surface area contributed by atoms with Crippen LogP contribution in [-0.2, 0) is 6.42 Å². The van der Waals surface area contributed by atoms with Gasteiger partial charge in [0, 0.05) is 11.4 Å². The summed E-state index contributed by atoms with van der Waals surface area (Å²) < 4.78 is 0. The minimum absolute atomic E-state index is 0.656. The highest BCUT2D eigenvalue weighted by Crippen LogP contribution is 2.15. The van der Waals surface area contributed by atoms with Crippen molar-refractivity contribution in [2.45, 2.75) is 25.4 Å². The fraction of sp³-hybridized carbons (Fsp3) is 0.556. The van der Waals surface area contributed by atoms with Gasteiger partial charge >= 0.3 is 0 Å². The molecule has 2 N–H and O–H groups in total. The van der Waals surface area contributed by atoms with Crippen molar-refractivity contribution in [2.75, 3.05) is 12.8 Å². The van der Waals surface area contributed by atoms with Gasteiger partial charge in [-0.25, -0.2) is 9.97 Å². The molecule has 0 aliphatic carbocycles. The highest BCUT2D eigenvalue weighted by Gasteiger charge is 2.06. The molecule has 1 heterocycles. The molecule has 0 atom stereocenters. The van der Waals surface area contributed by atoms with E-state index in [2.05, 4.69) is 9.97 Å². The minimum Gasteiger partial charge on any atom is -0.330 e. The van der Waals surface area contributed by atoms with Crippen LogP contribution in [0.25, 0.3) is 0 Å². The van der Waals surface area contributed by atoms with Gasteiger partial charge in [-0.3, -0.25) is 0 Å². The lowest BCUT2D eigenvalue weighted by atomic mass is 10.1. The molecule has 0 spiro atoms. The summed E-state index contributed by atoms with van der Waals surface area (Å²) in [5.41, 5.74) is 8.82. The Hall–Kier alpha value is -0.610. The Labute approximate surface area is 83.2 Å². The number of nitrogens with two attached hydrogens (primary N) is 1. The van der Waals surface area contributed by atoms with Gasteiger partial charge in [0.15, 0.2) is 5.16 Å². The number of aromatic nitrogens is 2. The summed E-state index contributed by atoms with van der Waals surface area (Å²) in [6, 6.07) is 0. The standard InChI is InChI=1S/C9H15N3S/c1-6-8(4-5-10)7(2)12-9(11-6)13-3/h4-5,10H2,1-3H3. The van der Waals surface area contributed by atoms with Crippen molar-refractivity contribution in [3.05, 3.63) is 17.0 Å². The summed E-state index contributed by atoms with van der Waals surface area (Å²) in [6.45, 7) is 4.68. The summed E-state index contributed by atoms with van der Waals surface area (Å²) in [5.74, 6) is 0. The van der Waals surface area contributed by atoms with Gasteiger partial charge in [0.25, 0.3) is 0 Å². The fourth-order valence-corrected chi connectivity index (χ4v) is 1.76. The Balaban J connectivity index is 3.07. The molecule has 0 amide bonds. The average Bonchev–Trinajstić information content (AvgIpc) is 2.11. The number of rotatable bonds is 3. The second-order valence-corrected chi connectivity index (χ2v) is 3.67. The molecule has 13 heavy (non-hydrogen) atoms. The molecule has 0 saturated heterocycles. The van der Waals surface area contributed by atoms with E-state index in [0.717, 1.165) is 23.0 Å². The number of thioether (sulfide) groups is 1. The first-order valence-corrected chi connectivity index (χ1v) is 5.49. The highest BCUT2D eigenvalue weighted by molar-refractivity contribution is 7.98. The van der Waals surface area contributed by atoms with Crippen LogP contribution >= 0.6 is 11.8 Å². The molecule has 0 saturated carbocycles. The van der Waals surface area contributed by atoms with Crippen molar-refractivity contribution < 1.29 is 0 Å². The van der Waals surface area contributed by atoms with Crippen LogP contribution in [0, 0.1) is 13.8 Å². The Morgan fingerprint density at radius 2 is 1.77 bits per heavy atom. The van der Waals surface area contributed by atoms with Gasteiger partial charge in [0.2, 0.25) is 0 Å². The van der Waals surface area contributed by atoms with Crippen LogP contribution in [0.1, 0.15) is 17.0 Å². The van der Waals surface area contributed by atoms with E-state index in [1.165, 1.54) is 5.56 Å². The van der Waals surface area contributed by atoms with E-state index >= 15 is 0 Å². The molecule has 0 aliphatic rings. The van der Waals surface area contributed by atoms with Crippen molar-refractivity contribution in [3.63, 3.8) is 0 Å². The van der Waals surface area contributed by atoms with Gasteiger partial charge in [-0.15, -0.1) is 0 Å². The Morgan fingerprint density at radius 1 is 1.23 bits per heavy atom. The van der Waals surface area contributed by atoms with Crippen LogP contribution in [0.5, 0.6) is 0 Å². The van der Waals surface area contributed by atoms with Crippen LogP contribution in [0.15, 0.2) is 5.16 Å². The van der Waals surface area contributed by atoms with E-state index < -0.39 is 0 Å². The number of aryl methyl sites for hydroxylation is 2. The predicted octanol–water partition coefficient (Wildman–Crippen LogP) is 1.32. The second-order valence-electron chi connectivity index (χ2n) is 2.90. The molecular weight excluding hydrogens is 182 g/mol. The van der Waals surface area contributed by atoms with Crippen molar-refractivity contribution >= 4 is 11.8 Å². The van der Waals surface area contributed by atoms with E-state index in [4.69, 9.17) is 5.73 Å². The van der Waals surface area contributed by atoms with E-state index in [1.54, 1.807) is 11.8 Å². The summed E-state index contributed by atoms with van der Waals surface area (Å²) in [7, 11) is 0. The average molecular weight is 197 g/mol. The van der Waals surface area contributed by atoms with Crippen LogP contribution in [-0.4, -0.2) is 22.8 Å². The largest absolute Gasteiger partial charge is 0.330 e. The third-order valence-electron chi connectivity index (χ3n) is 1.98. The zero-order chi connectivity index (χ0) is 9.84. The lowest BCUT2D eigenvalue weighted by Crippen LogP contribution is -2.08. The first kappa shape index (κ1) is 10.5. The van der Waals surface area contributed by atoms with Gasteiger partial charge in [-0.2, -0.15) is 0 Å². The quantitative estimate of drug-likeness (QED) is 0.586. The summed E-state index contributed by atoms with van der Waals surface area (Å²) >= 11 is 1.57. The van der Waals surface area contributed by atoms with Gasteiger partial charge in [0.1, 0.15) is 0 Å². The van der Waals surface area contributed by atoms with E-state index in [0.29, 0.717) is 6.54 Å². The van der Waals surface area contributed by atoms with Crippen molar-refractivity contribution in [1.82, 2.24) is 9.97 Å². The Bertz CT molecular complexity index is 276. The first-order chi connectivity index (χ1) is 6.19. The molecule has 0 bridgehead atoms. The van der Waals surface area contributed by atoms with Crippen molar-refractivity contribution in [2.24, 2.45) is 5.73 Å². The smallest absolute Gasteiger partial charge is 0.187 e. The molecule has 72 valence electrons. The maximum atomic E-state index is 5.51. The van der Waals surface area contributed by atoms with Crippen LogP contribution < -0.4 is 5.73 Å². The molecule has 0 aliphatic heterocycles. The van der Waals surface area contributed by atoms with Gasteiger partial charge in [-0.1, -0.05) is 11.8 Å². The Kier molecular flexibility index (Phi) is 3.69. The van der Waals surface area contributed by atoms with Crippen LogP contribution in [0.4, 0.5) is 0 Å². The normalized spacial score (nSPS) is 10.5. The molecule has 3 nitrogen and oxygen atoms in total. The molecule has 1 rings (SSSR count). The fourth-order valence-electron chi connectivity index (χ4n) is 1.31. The van der Waals surface area contributed by atoms with Gasteiger partial charge in [0.05, 0.1) is 0 Å². The predicted molar refractivity (Wildman–Crippen MR) is 56.0 cm³/mol. The number of hydrogen-bond donors (Lipinski definition) is 1. The zero-order valence-corrected chi connectivity index (χ0v) is 9.11. The molecule has 0 aromatic carbocycles. The van der Waals surface area contributed by atoms with Gasteiger partial charge in [-0.05, 0) is 38.6 Å². The van der Waals surface area contributed by atoms with Crippen LogP contribution in [0.2, 0.25) is 0 Å². The summed E-state index contributed by atoms with van der Waals surface area (Å²) in [5, 5.41) is 0.843. The lowest BCUT2D eigenvalue weighted by molar-refractivity contribution is 0.835. The van der Waals surface area contributed by atoms with Crippen LogP contribution in [0.3, 0.4) is 0 Å². The second kappa shape index (κ2) is 4.58.